The van der Waals surface area contributed by atoms with E-state index in [1.165, 1.54) is 12.8 Å². The summed E-state index contributed by atoms with van der Waals surface area (Å²) < 4.78 is 7.26. The van der Waals surface area contributed by atoms with Gasteiger partial charge < -0.3 is 25.0 Å². The molecule has 2 saturated carbocycles. The molecule has 2 aliphatic rings. The lowest BCUT2D eigenvalue weighted by atomic mass is 9.93. The van der Waals surface area contributed by atoms with Crippen molar-refractivity contribution in [3.8, 4) is 0 Å². The highest BCUT2D eigenvalue weighted by Gasteiger charge is 2.24. The number of benzene rings is 1. The van der Waals surface area contributed by atoms with Crippen molar-refractivity contribution in [3.63, 3.8) is 0 Å². The molecular formula is C25H32N6O3. The molecule has 0 aliphatic heterocycles. The van der Waals surface area contributed by atoms with Crippen molar-refractivity contribution in [1.29, 1.82) is 0 Å². The molecule has 3 N–H and O–H groups in total. The Labute approximate surface area is 199 Å². The van der Waals surface area contributed by atoms with Crippen LogP contribution in [0.25, 0.3) is 11.2 Å². The molecule has 34 heavy (non-hydrogen) atoms. The van der Waals surface area contributed by atoms with E-state index in [1.807, 2.05) is 18.5 Å². The quantitative estimate of drug-likeness (QED) is 0.436. The molecule has 2 aromatic heterocycles. The SMILES string of the molecule is CCOC(=O)c1ccc(Nc2nc(NC3CCC(O)CC3)nc3c2ncn3C2CCCC2)cc1. The zero-order valence-corrected chi connectivity index (χ0v) is 19.5. The van der Waals surface area contributed by atoms with Crippen LogP contribution in [0.1, 0.15) is 74.7 Å². The zero-order chi connectivity index (χ0) is 23.5. The number of hydrogen-bond acceptors (Lipinski definition) is 8. The second kappa shape index (κ2) is 9.97. The highest BCUT2D eigenvalue weighted by atomic mass is 16.5. The smallest absolute Gasteiger partial charge is 0.338 e. The third kappa shape index (κ3) is 4.84. The maximum atomic E-state index is 12.0. The first kappa shape index (κ1) is 22.6. The summed E-state index contributed by atoms with van der Waals surface area (Å²) in [5, 5.41) is 16.7. The van der Waals surface area contributed by atoms with Crippen LogP contribution in [-0.4, -0.2) is 49.3 Å². The predicted molar refractivity (Wildman–Crippen MR) is 130 cm³/mol. The minimum Gasteiger partial charge on any atom is -0.462 e. The number of aliphatic hydroxyl groups excluding tert-OH is 1. The average Bonchev–Trinajstić information content (AvgIpc) is 3.51. The lowest BCUT2D eigenvalue weighted by Gasteiger charge is -2.26. The molecular weight excluding hydrogens is 432 g/mol. The number of ether oxygens (including phenoxy) is 1. The molecule has 1 aromatic carbocycles. The number of rotatable bonds is 7. The highest BCUT2D eigenvalue weighted by Crippen LogP contribution is 2.34. The Morgan fingerprint density at radius 1 is 1.09 bits per heavy atom. The van der Waals surface area contributed by atoms with Gasteiger partial charge in [-0.25, -0.2) is 9.78 Å². The van der Waals surface area contributed by atoms with E-state index in [2.05, 4.69) is 20.2 Å². The van der Waals surface area contributed by atoms with Gasteiger partial charge in [-0.3, -0.25) is 0 Å². The molecule has 2 heterocycles. The summed E-state index contributed by atoms with van der Waals surface area (Å²) in [6.45, 7) is 2.14. The monoisotopic (exact) mass is 464 g/mol. The molecule has 0 saturated heterocycles. The van der Waals surface area contributed by atoms with Crippen molar-refractivity contribution < 1.29 is 14.6 Å². The molecule has 180 valence electrons. The van der Waals surface area contributed by atoms with Crippen LogP contribution in [0, 0.1) is 0 Å². The molecule has 0 radical (unpaired) electrons. The summed E-state index contributed by atoms with van der Waals surface area (Å²) in [7, 11) is 0. The Morgan fingerprint density at radius 2 is 1.82 bits per heavy atom. The van der Waals surface area contributed by atoms with Gasteiger partial charge in [-0.2, -0.15) is 9.97 Å². The number of hydrogen-bond donors (Lipinski definition) is 3. The number of esters is 1. The van der Waals surface area contributed by atoms with Gasteiger partial charge in [0.05, 0.1) is 24.6 Å². The summed E-state index contributed by atoms with van der Waals surface area (Å²) in [6, 6.07) is 7.80. The van der Waals surface area contributed by atoms with E-state index in [0.717, 1.165) is 55.4 Å². The lowest BCUT2D eigenvalue weighted by molar-refractivity contribution is 0.0526. The molecule has 3 aromatic rings. The lowest BCUT2D eigenvalue weighted by Crippen LogP contribution is -2.29. The Hall–Kier alpha value is -3.20. The summed E-state index contributed by atoms with van der Waals surface area (Å²) in [5.74, 6) is 0.862. The number of carbonyl (C=O) groups is 1. The van der Waals surface area contributed by atoms with Gasteiger partial charge in [-0.05, 0) is 69.7 Å². The number of anilines is 3. The molecule has 0 bridgehead atoms. The van der Waals surface area contributed by atoms with Crippen LogP contribution in [0.2, 0.25) is 0 Å². The van der Waals surface area contributed by atoms with Crippen LogP contribution in [-0.2, 0) is 4.74 Å². The fraction of sp³-hybridized carbons (Fsp3) is 0.520. The number of fused-ring (bicyclic) bond motifs is 1. The van der Waals surface area contributed by atoms with E-state index < -0.39 is 0 Å². The van der Waals surface area contributed by atoms with E-state index in [4.69, 9.17) is 14.7 Å². The number of aromatic nitrogens is 4. The molecule has 2 fully saturated rings. The minimum absolute atomic E-state index is 0.208. The number of nitrogens with one attached hydrogen (secondary N) is 2. The van der Waals surface area contributed by atoms with Crippen molar-refractivity contribution in [3.05, 3.63) is 36.2 Å². The van der Waals surface area contributed by atoms with E-state index in [1.54, 1.807) is 19.1 Å². The molecule has 0 unspecified atom stereocenters. The van der Waals surface area contributed by atoms with Gasteiger partial charge in [0.1, 0.15) is 0 Å². The van der Waals surface area contributed by atoms with Gasteiger partial charge >= 0.3 is 5.97 Å². The van der Waals surface area contributed by atoms with Crippen LogP contribution in [0.4, 0.5) is 17.5 Å². The molecule has 0 atom stereocenters. The van der Waals surface area contributed by atoms with Gasteiger partial charge in [0.25, 0.3) is 0 Å². The first-order chi connectivity index (χ1) is 16.6. The summed E-state index contributed by atoms with van der Waals surface area (Å²) in [5.41, 5.74) is 2.86. The molecule has 2 aliphatic carbocycles. The van der Waals surface area contributed by atoms with E-state index in [0.29, 0.717) is 30.0 Å². The van der Waals surface area contributed by atoms with Crippen molar-refractivity contribution in [2.24, 2.45) is 0 Å². The third-order valence-corrected chi connectivity index (χ3v) is 6.83. The van der Waals surface area contributed by atoms with Crippen LogP contribution >= 0.6 is 0 Å². The number of nitrogens with zero attached hydrogens (tertiary/aromatic N) is 4. The fourth-order valence-electron chi connectivity index (χ4n) is 4.96. The van der Waals surface area contributed by atoms with E-state index >= 15 is 0 Å². The van der Waals surface area contributed by atoms with Gasteiger partial charge in [0, 0.05) is 17.8 Å². The van der Waals surface area contributed by atoms with Gasteiger partial charge in [0.15, 0.2) is 17.0 Å². The Balaban J connectivity index is 1.45. The second-order valence-corrected chi connectivity index (χ2v) is 9.23. The fourth-order valence-corrected chi connectivity index (χ4v) is 4.96. The van der Waals surface area contributed by atoms with Crippen LogP contribution in [0.15, 0.2) is 30.6 Å². The predicted octanol–water partition coefficient (Wildman–Crippen LogP) is 4.58. The molecule has 0 amide bonds. The van der Waals surface area contributed by atoms with Gasteiger partial charge in [-0.15, -0.1) is 0 Å². The standard InChI is InChI=1S/C25H32N6O3/c1-2-34-24(33)16-7-9-17(10-8-16)27-22-21-23(31(15-26-21)19-5-3-4-6-19)30-25(29-22)28-18-11-13-20(32)14-12-18/h7-10,15,18-20,32H,2-6,11-14H2,1H3,(H2,27,28,29,30). The normalized spacial score (nSPS) is 21.0. The number of aliphatic hydroxyl groups is 1. The third-order valence-electron chi connectivity index (χ3n) is 6.83. The summed E-state index contributed by atoms with van der Waals surface area (Å²) >= 11 is 0. The minimum atomic E-state index is -0.335. The van der Waals surface area contributed by atoms with E-state index in [9.17, 15) is 9.90 Å². The Morgan fingerprint density at radius 3 is 2.53 bits per heavy atom. The zero-order valence-electron chi connectivity index (χ0n) is 19.5. The van der Waals surface area contributed by atoms with Crippen LogP contribution < -0.4 is 10.6 Å². The maximum Gasteiger partial charge on any atom is 0.338 e. The number of imidazole rings is 1. The second-order valence-electron chi connectivity index (χ2n) is 9.23. The van der Waals surface area contributed by atoms with Crippen molar-refractivity contribution in [2.45, 2.75) is 76.5 Å². The maximum absolute atomic E-state index is 12.0. The molecule has 9 heteroatoms. The molecule has 9 nitrogen and oxygen atoms in total. The Bertz CT molecular complexity index is 1130. The summed E-state index contributed by atoms with van der Waals surface area (Å²) in [4.78, 5) is 26.3. The van der Waals surface area contributed by atoms with Gasteiger partial charge in [-0.1, -0.05) is 12.8 Å². The highest BCUT2D eigenvalue weighted by molar-refractivity contribution is 5.90. The molecule has 5 rings (SSSR count). The van der Waals surface area contributed by atoms with Crippen LogP contribution in [0.3, 0.4) is 0 Å². The average molecular weight is 465 g/mol. The van der Waals surface area contributed by atoms with Crippen molar-refractivity contribution >= 4 is 34.6 Å². The van der Waals surface area contributed by atoms with Crippen molar-refractivity contribution in [2.75, 3.05) is 17.2 Å². The van der Waals surface area contributed by atoms with Crippen molar-refractivity contribution in [1.82, 2.24) is 19.5 Å². The number of carbonyl (C=O) groups excluding carboxylic acids is 1. The largest absolute Gasteiger partial charge is 0.462 e. The Kier molecular flexibility index (Phi) is 6.62. The first-order valence-corrected chi connectivity index (χ1v) is 12.3. The van der Waals surface area contributed by atoms with Crippen LogP contribution in [0.5, 0.6) is 0 Å². The topological polar surface area (TPSA) is 114 Å². The molecule has 0 spiro atoms. The first-order valence-electron chi connectivity index (χ1n) is 12.3. The summed E-state index contributed by atoms with van der Waals surface area (Å²) in [6.07, 6.45) is 9.76. The van der Waals surface area contributed by atoms with Gasteiger partial charge in [0.2, 0.25) is 5.95 Å². The van der Waals surface area contributed by atoms with E-state index in [-0.39, 0.29) is 18.1 Å².